The van der Waals surface area contributed by atoms with Gasteiger partial charge >= 0.3 is 0 Å². The van der Waals surface area contributed by atoms with E-state index in [1.807, 2.05) is 0 Å². The van der Waals surface area contributed by atoms with Crippen LogP contribution in [0, 0.1) is 0 Å². The average Bonchev–Trinajstić information content (AvgIpc) is 2.99. The molecule has 1 aromatic heterocycles. The minimum absolute atomic E-state index is 0.0594. The average molecular weight is 368 g/mol. The molecule has 0 atom stereocenters. The van der Waals surface area contributed by atoms with E-state index in [1.165, 1.54) is 18.4 Å². The maximum atomic E-state index is 12.2. The third-order valence-electron chi connectivity index (χ3n) is 3.23. The normalized spacial score (nSPS) is 10.5. The smallest absolute Gasteiger partial charge is 0.226 e. The highest BCUT2D eigenvalue weighted by atomic mass is 35.5. The highest BCUT2D eigenvalue weighted by Crippen LogP contribution is 2.24. The van der Waals surface area contributed by atoms with Crippen molar-refractivity contribution in [3.8, 4) is 5.75 Å². The lowest BCUT2D eigenvalue weighted by molar-refractivity contribution is -0.116. The van der Waals surface area contributed by atoms with Crippen molar-refractivity contribution >= 4 is 39.8 Å². The van der Waals surface area contributed by atoms with Gasteiger partial charge in [0.2, 0.25) is 11.0 Å². The van der Waals surface area contributed by atoms with Crippen molar-refractivity contribution in [2.45, 2.75) is 32.6 Å². The van der Waals surface area contributed by atoms with E-state index in [0.29, 0.717) is 21.5 Å². The number of benzene rings is 1. The Morgan fingerprint density at radius 1 is 1.29 bits per heavy atom. The van der Waals surface area contributed by atoms with E-state index in [4.69, 9.17) is 16.3 Å². The second-order valence-corrected chi connectivity index (χ2v) is 6.54. The summed E-state index contributed by atoms with van der Waals surface area (Å²) in [5.74, 6) is 0.113. The van der Waals surface area contributed by atoms with Gasteiger partial charge in [0.15, 0.2) is 5.78 Å². The Bertz CT molecular complexity index is 733. The van der Waals surface area contributed by atoms with Crippen LogP contribution < -0.4 is 10.1 Å². The molecular weight excluding hydrogens is 350 g/mol. The lowest BCUT2D eigenvalue weighted by atomic mass is 10.1. The van der Waals surface area contributed by atoms with Crippen LogP contribution in [0.1, 0.15) is 41.6 Å². The fraction of sp³-hybridized carbons (Fsp3) is 0.375. The van der Waals surface area contributed by atoms with Gasteiger partial charge in [-0.15, -0.1) is 10.2 Å². The van der Waals surface area contributed by atoms with Crippen molar-refractivity contribution in [2.75, 3.05) is 12.4 Å². The standard InChI is InChI=1S/C16H18ClN3O3S/c1-3-4-15-19-20-16(24-15)18-14(22)8-7-13(21)11-6-5-10(23-2)9-12(11)17/h5-6,9H,3-4,7-8H2,1-2H3,(H,18,20,22). The minimum atomic E-state index is -0.271. The zero-order valence-electron chi connectivity index (χ0n) is 13.5. The van der Waals surface area contributed by atoms with E-state index in [1.54, 1.807) is 18.2 Å². The summed E-state index contributed by atoms with van der Waals surface area (Å²) in [6.45, 7) is 2.05. The number of ketones is 1. The third kappa shape index (κ3) is 5.01. The summed E-state index contributed by atoms with van der Waals surface area (Å²) >= 11 is 7.41. The van der Waals surface area contributed by atoms with Crippen molar-refractivity contribution in [2.24, 2.45) is 0 Å². The fourth-order valence-electron chi connectivity index (χ4n) is 2.01. The summed E-state index contributed by atoms with van der Waals surface area (Å²) in [7, 11) is 1.52. The highest BCUT2D eigenvalue weighted by molar-refractivity contribution is 7.15. The molecule has 1 heterocycles. The largest absolute Gasteiger partial charge is 0.497 e. The molecule has 24 heavy (non-hydrogen) atoms. The summed E-state index contributed by atoms with van der Waals surface area (Å²) < 4.78 is 5.04. The molecule has 128 valence electrons. The predicted molar refractivity (Wildman–Crippen MR) is 94.1 cm³/mol. The van der Waals surface area contributed by atoms with Gasteiger partial charge in [-0.2, -0.15) is 0 Å². The van der Waals surface area contributed by atoms with Crippen LogP contribution in [0.3, 0.4) is 0 Å². The Morgan fingerprint density at radius 2 is 2.08 bits per heavy atom. The first kappa shape index (κ1) is 18.4. The number of Topliss-reactive ketones (excluding diaryl/α,β-unsaturated/α-hetero) is 1. The molecule has 0 saturated carbocycles. The van der Waals surface area contributed by atoms with Crippen LogP contribution in [-0.4, -0.2) is 29.0 Å². The van der Waals surface area contributed by atoms with E-state index >= 15 is 0 Å². The molecule has 0 bridgehead atoms. The Labute approximate surface area is 149 Å². The molecule has 2 rings (SSSR count). The number of hydrogen-bond donors (Lipinski definition) is 1. The van der Waals surface area contributed by atoms with Gasteiger partial charge in [-0.25, -0.2) is 0 Å². The SMILES string of the molecule is CCCc1nnc(NC(=O)CCC(=O)c2ccc(OC)cc2Cl)s1. The number of aromatic nitrogens is 2. The van der Waals surface area contributed by atoms with Gasteiger partial charge in [0, 0.05) is 24.8 Å². The predicted octanol–water partition coefficient (Wildman–Crippen LogP) is 3.75. The Hall–Kier alpha value is -1.99. The number of nitrogens with one attached hydrogen (secondary N) is 1. The summed E-state index contributed by atoms with van der Waals surface area (Å²) in [4.78, 5) is 24.1. The van der Waals surface area contributed by atoms with Gasteiger partial charge < -0.3 is 10.1 Å². The second-order valence-electron chi connectivity index (χ2n) is 5.07. The summed E-state index contributed by atoms with van der Waals surface area (Å²) in [5.41, 5.74) is 0.381. The highest BCUT2D eigenvalue weighted by Gasteiger charge is 2.14. The zero-order chi connectivity index (χ0) is 17.5. The van der Waals surface area contributed by atoms with Crippen LogP contribution in [0.2, 0.25) is 5.02 Å². The van der Waals surface area contributed by atoms with Crippen LogP contribution in [0.25, 0.3) is 0 Å². The first-order valence-electron chi connectivity index (χ1n) is 7.52. The number of halogens is 1. The molecule has 1 amide bonds. The lowest BCUT2D eigenvalue weighted by Crippen LogP contribution is -2.13. The minimum Gasteiger partial charge on any atom is -0.497 e. The quantitative estimate of drug-likeness (QED) is 0.718. The Balaban J connectivity index is 1.87. The van der Waals surface area contributed by atoms with Crippen LogP contribution in [-0.2, 0) is 11.2 Å². The second kappa shape index (κ2) is 8.75. The van der Waals surface area contributed by atoms with Crippen molar-refractivity contribution in [1.82, 2.24) is 10.2 Å². The first-order chi connectivity index (χ1) is 11.5. The number of hydrogen-bond acceptors (Lipinski definition) is 6. The van der Waals surface area contributed by atoms with E-state index in [0.717, 1.165) is 17.8 Å². The number of aryl methyl sites for hydroxylation is 1. The molecule has 0 aliphatic carbocycles. The third-order valence-corrected chi connectivity index (χ3v) is 4.44. The lowest BCUT2D eigenvalue weighted by Gasteiger charge is -2.06. The van der Waals surface area contributed by atoms with Gasteiger partial charge in [0.1, 0.15) is 10.8 Å². The van der Waals surface area contributed by atoms with Gasteiger partial charge in [0.05, 0.1) is 12.1 Å². The monoisotopic (exact) mass is 367 g/mol. The van der Waals surface area contributed by atoms with E-state index in [-0.39, 0.29) is 24.5 Å². The van der Waals surface area contributed by atoms with Crippen molar-refractivity contribution in [3.05, 3.63) is 33.8 Å². The molecule has 1 aromatic carbocycles. The number of carbonyl (C=O) groups is 2. The fourth-order valence-corrected chi connectivity index (χ4v) is 3.14. The van der Waals surface area contributed by atoms with E-state index in [2.05, 4.69) is 22.4 Å². The Morgan fingerprint density at radius 3 is 2.75 bits per heavy atom. The molecule has 0 aliphatic heterocycles. The number of nitrogens with zero attached hydrogens (tertiary/aromatic N) is 2. The maximum Gasteiger partial charge on any atom is 0.226 e. The molecule has 1 N–H and O–H groups in total. The molecule has 6 nitrogen and oxygen atoms in total. The molecular formula is C16H18ClN3O3S. The summed E-state index contributed by atoms with van der Waals surface area (Å²) in [6.07, 6.45) is 1.93. The zero-order valence-corrected chi connectivity index (χ0v) is 15.0. The van der Waals surface area contributed by atoms with E-state index in [9.17, 15) is 9.59 Å². The first-order valence-corrected chi connectivity index (χ1v) is 8.72. The summed E-state index contributed by atoms with van der Waals surface area (Å²) in [5, 5.41) is 12.2. The van der Waals surface area contributed by atoms with Crippen LogP contribution in [0.15, 0.2) is 18.2 Å². The van der Waals surface area contributed by atoms with Gasteiger partial charge in [0.25, 0.3) is 0 Å². The molecule has 0 unspecified atom stereocenters. The summed E-state index contributed by atoms with van der Waals surface area (Å²) in [6, 6.07) is 4.84. The molecule has 2 aromatic rings. The molecule has 8 heteroatoms. The van der Waals surface area contributed by atoms with Crippen molar-refractivity contribution < 1.29 is 14.3 Å². The van der Waals surface area contributed by atoms with Crippen LogP contribution in [0.4, 0.5) is 5.13 Å². The van der Waals surface area contributed by atoms with Crippen LogP contribution >= 0.6 is 22.9 Å². The maximum absolute atomic E-state index is 12.2. The molecule has 0 saturated heterocycles. The Kier molecular flexibility index (Phi) is 6.69. The molecule has 0 radical (unpaired) electrons. The van der Waals surface area contributed by atoms with Gasteiger partial charge in [-0.05, 0) is 24.6 Å². The van der Waals surface area contributed by atoms with Crippen molar-refractivity contribution in [1.29, 1.82) is 0 Å². The number of ether oxygens (including phenoxy) is 1. The number of anilines is 1. The van der Waals surface area contributed by atoms with Gasteiger partial charge in [-0.3, -0.25) is 9.59 Å². The molecule has 0 aliphatic rings. The number of carbonyl (C=O) groups excluding carboxylic acids is 2. The number of amides is 1. The number of rotatable bonds is 8. The number of methoxy groups -OCH3 is 1. The molecule has 0 fully saturated rings. The van der Waals surface area contributed by atoms with E-state index < -0.39 is 0 Å². The molecule has 0 spiro atoms. The van der Waals surface area contributed by atoms with Gasteiger partial charge in [-0.1, -0.05) is 29.9 Å². The topological polar surface area (TPSA) is 81.2 Å². The van der Waals surface area contributed by atoms with Crippen LogP contribution in [0.5, 0.6) is 5.75 Å². The van der Waals surface area contributed by atoms with Crippen molar-refractivity contribution in [3.63, 3.8) is 0 Å².